The number of aliphatic imine (C=N–C) groups is 1. The van der Waals surface area contributed by atoms with Crippen molar-refractivity contribution in [1.29, 1.82) is 0 Å². The standard InChI is InChI=1S/C17H11ClN2O4/c1-10-4-2-3-5-11(10)8-14-17(21)24-16(19-14)12-6-7-13(18)15(9-12)20(22)23/h2-9H,1H3/b14-8-. The molecule has 6 nitrogen and oxygen atoms in total. The highest BCUT2D eigenvalue weighted by Crippen LogP contribution is 2.27. The van der Waals surface area contributed by atoms with E-state index < -0.39 is 10.9 Å². The number of nitro groups is 1. The Kier molecular flexibility index (Phi) is 4.14. The van der Waals surface area contributed by atoms with E-state index in [1.807, 2.05) is 31.2 Å². The number of cyclic esters (lactones) is 1. The average Bonchev–Trinajstić information content (AvgIpc) is 2.91. The molecule has 0 bridgehead atoms. The molecule has 1 heterocycles. The lowest BCUT2D eigenvalue weighted by atomic mass is 10.1. The first-order valence-corrected chi connectivity index (χ1v) is 7.36. The largest absolute Gasteiger partial charge is 0.402 e. The third-order valence-corrected chi connectivity index (χ3v) is 3.81. The number of halogens is 1. The molecular formula is C17H11ClN2O4. The van der Waals surface area contributed by atoms with Crippen molar-refractivity contribution in [2.75, 3.05) is 0 Å². The van der Waals surface area contributed by atoms with E-state index in [1.165, 1.54) is 18.2 Å². The van der Waals surface area contributed by atoms with E-state index in [4.69, 9.17) is 16.3 Å². The van der Waals surface area contributed by atoms with Crippen LogP contribution in [-0.4, -0.2) is 16.8 Å². The van der Waals surface area contributed by atoms with Crippen molar-refractivity contribution in [3.8, 4) is 0 Å². The van der Waals surface area contributed by atoms with Crippen LogP contribution in [0.25, 0.3) is 6.08 Å². The highest BCUT2D eigenvalue weighted by Gasteiger charge is 2.26. The zero-order valence-corrected chi connectivity index (χ0v) is 13.3. The number of carbonyl (C=O) groups excluding carboxylic acids is 1. The van der Waals surface area contributed by atoms with Gasteiger partial charge in [-0.2, -0.15) is 0 Å². The maximum atomic E-state index is 12.0. The minimum atomic E-state index is -0.606. The molecule has 0 spiro atoms. The fourth-order valence-corrected chi connectivity index (χ4v) is 2.40. The summed E-state index contributed by atoms with van der Waals surface area (Å²) in [6.07, 6.45) is 1.62. The molecule has 0 N–H and O–H groups in total. The second-order valence-electron chi connectivity index (χ2n) is 5.12. The molecule has 0 radical (unpaired) electrons. The molecule has 3 rings (SSSR count). The van der Waals surface area contributed by atoms with Crippen LogP contribution >= 0.6 is 11.6 Å². The monoisotopic (exact) mass is 342 g/mol. The Bertz CT molecular complexity index is 919. The maximum Gasteiger partial charge on any atom is 0.363 e. The topological polar surface area (TPSA) is 81.8 Å². The van der Waals surface area contributed by atoms with Gasteiger partial charge in [-0.3, -0.25) is 10.1 Å². The van der Waals surface area contributed by atoms with Crippen molar-refractivity contribution < 1.29 is 14.5 Å². The Hall–Kier alpha value is -2.99. The van der Waals surface area contributed by atoms with E-state index in [-0.39, 0.29) is 22.3 Å². The van der Waals surface area contributed by atoms with Gasteiger partial charge in [0.1, 0.15) is 5.02 Å². The number of ether oxygens (including phenoxy) is 1. The van der Waals surface area contributed by atoms with Gasteiger partial charge in [0.25, 0.3) is 5.69 Å². The first-order chi connectivity index (χ1) is 11.5. The van der Waals surface area contributed by atoms with Gasteiger partial charge < -0.3 is 4.74 Å². The van der Waals surface area contributed by atoms with Crippen LogP contribution in [0.15, 0.2) is 53.2 Å². The molecule has 0 unspecified atom stereocenters. The van der Waals surface area contributed by atoms with Gasteiger partial charge in [0.2, 0.25) is 5.90 Å². The normalized spacial score (nSPS) is 15.3. The van der Waals surface area contributed by atoms with Crippen molar-refractivity contribution in [2.45, 2.75) is 6.92 Å². The molecule has 1 aliphatic rings. The lowest BCUT2D eigenvalue weighted by Crippen LogP contribution is -2.06. The summed E-state index contributed by atoms with van der Waals surface area (Å²) in [6, 6.07) is 11.6. The highest BCUT2D eigenvalue weighted by atomic mass is 35.5. The number of aryl methyl sites for hydroxylation is 1. The number of nitro benzene ring substituents is 1. The minimum Gasteiger partial charge on any atom is -0.402 e. The number of rotatable bonds is 3. The van der Waals surface area contributed by atoms with E-state index in [9.17, 15) is 14.9 Å². The summed E-state index contributed by atoms with van der Waals surface area (Å²) in [5.41, 5.74) is 2.01. The molecule has 2 aromatic carbocycles. The van der Waals surface area contributed by atoms with Crippen molar-refractivity contribution in [3.63, 3.8) is 0 Å². The minimum absolute atomic E-state index is 0.00403. The van der Waals surface area contributed by atoms with E-state index in [1.54, 1.807) is 6.08 Å². The van der Waals surface area contributed by atoms with Gasteiger partial charge in [-0.1, -0.05) is 35.9 Å². The Morgan fingerprint density at radius 2 is 2.00 bits per heavy atom. The molecule has 7 heteroatoms. The molecule has 0 saturated carbocycles. The number of nitrogens with zero attached hydrogens (tertiary/aromatic N) is 2. The average molecular weight is 343 g/mol. The molecular weight excluding hydrogens is 332 g/mol. The molecule has 1 aliphatic heterocycles. The SMILES string of the molecule is Cc1ccccc1/C=C1\N=C(c2ccc(Cl)c([N+](=O)[O-])c2)OC1=O. The molecule has 120 valence electrons. The van der Waals surface area contributed by atoms with Crippen LogP contribution < -0.4 is 0 Å². The van der Waals surface area contributed by atoms with Crippen LogP contribution in [0.4, 0.5) is 5.69 Å². The van der Waals surface area contributed by atoms with E-state index in [2.05, 4.69) is 4.99 Å². The highest BCUT2D eigenvalue weighted by molar-refractivity contribution is 6.32. The number of hydrogen-bond acceptors (Lipinski definition) is 5. The van der Waals surface area contributed by atoms with Gasteiger partial charge in [-0.15, -0.1) is 0 Å². The van der Waals surface area contributed by atoms with Crippen molar-refractivity contribution in [3.05, 3.63) is 80.0 Å². The quantitative estimate of drug-likeness (QED) is 0.366. The second-order valence-corrected chi connectivity index (χ2v) is 5.52. The Balaban J connectivity index is 2.00. The second kappa shape index (κ2) is 6.25. The summed E-state index contributed by atoms with van der Waals surface area (Å²) in [4.78, 5) is 26.5. The lowest BCUT2D eigenvalue weighted by molar-refractivity contribution is -0.384. The van der Waals surface area contributed by atoms with Gasteiger partial charge in [0, 0.05) is 11.6 Å². The van der Waals surface area contributed by atoms with E-state index in [0.29, 0.717) is 5.56 Å². The smallest absolute Gasteiger partial charge is 0.363 e. The summed E-state index contributed by atoms with van der Waals surface area (Å²) >= 11 is 5.78. The predicted molar refractivity (Wildman–Crippen MR) is 89.9 cm³/mol. The maximum absolute atomic E-state index is 12.0. The molecule has 0 saturated heterocycles. The Morgan fingerprint density at radius 1 is 1.25 bits per heavy atom. The number of carbonyl (C=O) groups is 1. The van der Waals surface area contributed by atoms with Gasteiger partial charge in [0.15, 0.2) is 5.70 Å². The van der Waals surface area contributed by atoms with Crippen molar-refractivity contribution in [1.82, 2.24) is 0 Å². The first kappa shape index (κ1) is 15.9. The van der Waals surface area contributed by atoms with Crippen LogP contribution in [0, 0.1) is 17.0 Å². The lowest BCUT2D eigenvalue weighted by Gasteiger charge is -2.00. The molecule has 2 aromatic rings. The van der Waals surface area contributed by atoms with Gasteiger partial charge in [-0.25, -0.2) is 9.79 Å². The first-order valence-electron chi connectivity index (χ1n) is 6.98. The fourth-order valence-electron chi connectivity index (χ4n) is 2.21. The Labute approximate surface area is 142 Å². The van der Waals surface area contributed by atoms with Gasteiger partial charge in [0.05, 0.1) is 4.92 Å². The third kappa shape index (κ3) is 3.04. The molecule has 0 fully saturated rings. The van der Waals surface area contributed by atoms with E-state index in [0.717, 1.165) is 11.1 Å². The molecule has 24 heavy (non-hydrogen) atoms. The van der Waals surface area contributed by atoms with E-state index >= 15 is 0 Å². The summed E-state index contributed by atoms with van der Waals surface area (Å²) in [7, 11) is 0. The van der Waals surface area contributed by atoms with Crippen LogP contribution in [-0.2, 0) is 9.53 Å². The molecule has 0 aromatic heterocycles. The van der Waals surface area contributed by atoms with Crippen molar-refractivity contribution in [2.24, 2.45) is 4.99 Å². The molecule has 0 aliphatic carbocycles. The number of esters is 1. The summed E-state index contributed by atoms with van der Waals surface area (Å²) in [6.45, 7) is 1.92. The van der Waals surface area contributed by atoms with Crippen LogP contribution in [0.5, 0.6) is 0 Å². The number of hydrogen-bond donors (Lipinski definition) is 0. The summed E-state index contributed by atoms with van der Waals surface area (Å²) in [5.74, 6) is -0.592. The zero-order chi connectivity index (χ0) is 17.3. The fraction of sp³-hybridized carbons (Fsp3) is 0.0588. The molecule has 0 amide bonds. The summed E-state index contributed by atoms with van der Waals surface area (Å²) < 4.78 is 5.12. The third-order valence-electron chi connectivity index (χ3n) is 3.49. The molecule has 0 atom stereocenters. The van der Waals surface area contributed by atoms with Gasteiger partial charge in [-0.05, 0) is 36.3 Å². The van der Waals surface area contributed by atoms with Crippen LogP contribution in [0.3, 0.4) is 0 Å². The Morgan fingerprint density at radius 3 is 2.71 bits per heavy atom. The zero-order valence-electron chi connectivity index (χ0n) is 12.5. The van der Waals surface area contributed by atoms with Crippen LogP contribution in [0.2, 0.25) is 5.02 Å². The van der Waals surface area contributed by atoms with Crippen LogP contribution in [0.1, 0.15) is 16.7 Å². The predicted octanol–water partition coefficient (Wildman–Crippen LogP) is 3.90. The number of benzene rings is 2. The van der Waals surface area contributed by atoms with Gasteiger partial charge >= 0.3 is 5.97 Å². The van der Waals surface area contributed by atoms with Crippen molar-refractivity contribution >= 4 is 35.2 Å². The summed E-state index contributed by atoms with van der Waals surface area (Å²) in [5, 5.41) is 11.0.